The molecule has 1 atom stereocenters. The first kappa shape index (κ1) is 23.7. The Morgan fingerprint density at radius 3 is 2.38 bits per heavy atom. The second kappa shape index (κ2) is 8.90. The second-order valence-electron chi connectivity index (χ2n) is 9.92. The zero-order valence-electron chi connectivity index (χ0n) is 20.1. The number of benzene rings is 1. The molecule has 0 aliphatic carbocycles. The van der Waals surface area contributed by atoms with Crippen LogP contribution in [0.5, 0.6) is 0 Å². The monoisotopic (exact) mass is 438 g/mol. The molecule has 1 fully saturated rings. The summed E-state index contributed by atoms with van der Waals surface area (Å²) in [7, 11) is 1.66. The van der Waals surface area contributed by atoms with Crippen LogP contribution in [0.1, 0.15) is 52.7 Å². The van der Waals surface area contributed by atoms with E-state index in [0.29, 0.717) is 24.7 Å². The number of nitrogens with zero attached hydrogens (tertiary/aromatic N) is 3. The first-order valence-electron chi connectivity index (χ1n) is 10.9. The Labute approximate surface area is 190 Å². The van der Waals surface area contributed by atoms with Gasteiger partial charge in [-0.3, -0.25) is 4.79 Å². The minimum atomic E-state index is -0.958. The summed E-state index contributed by atoms with van der Waals surface area (Å²) in [5.74, 6) is 0.476. The Hall–Kier alpha value is -2.93. The van der Waals surface area contributed by atoms with Crippen LogP contribution in [0.25, 0.3) is 0 Å². The van der Waals surface area contributed by atoms with E-state index in [9.17, 15) is 9.59 Å². The quantitative estimate of drug-likeness (QED) is 0.641. The SMILES string of the molecule is COC[C@H](C)Nc1cc(CN2C(=O)N(c3ccc(C(C)(C)C)cc3)C(=O)C2(C)C)ccn1. The van der Waals surface area contributed by atoms with Gasteiger partial charge < -0.3 is 15.0 Å². The molecule has 0 radical (unpaired) electrons. The van der Waals surface area contributed by atoms with E-state index in [2.05, 4.69) is 31.1 Å². The van der Waals surface area contributed by atoms with Crippen LogP contribution in [-0.4, -0.2) is 47.1 Å². The second-order valence-corrected chi connectivity index (χ2v) is 9.92. The lowest BCUT2D eigenvalue weighted by Gasteiger charge is -2.28. The molecule has 7 nitrogen and oxygen atoms in total. The molecule has 0 saturated carbocycles. The van der Waals surface area contributed by atoms with Crippen molar-refractivity contribution in [3.8, 4) is 0 Å². The van der Waals surface area contributed by atoms with Gasteiger partial charge in [0.25, 0.3) is 5.91 Å². The fraction of sp³-hybridized carbons (Fsp3) is 0.480. The molecule has 1 saturated heterocycles. The van der Waals surface area contributed by atoms with E-state index in [-0.39, 0.29) is 23.4 Å². The lowest BCUT2D eigenvalue weighted by Crippen LogP contribution is -2.43. The highest BCUT2D eigenvalue weighted by Crippen LogP contribution is 2.34. The number of imide groups is 1. The highest BCUT2D eigenvalue weighted by molar-refractivity contribution is 6.22. The molecule has 7 heteroatoms. The number of amides is 3. The van der Waals surface area contributed by atoms with E-state index in [1.807, 2.05) is 43.3 Å². The Bertz CT molecular complexity index is 979. The summed E-state index contributed by atoms with van der Waals surface area (Å²) in [6.07, 6.45) is 1.70. The molecule has 3 rings (SSSR count). The molecule has 2 aromatic rings. The van der Waals surface area contributed by atoms with Gasteiger partial charge >= 0.3 is 6.03 Å². The zero-order chi connectivity index (χ0) is 23.7. The molecule has 0 bridgehead atoms. The van der Waals surface area contributed by atoms with Crippen LogP contribution in [0, 0.1) is 0 Å². The number of anilines is 2. The third-order valence-electron chi connectivity index (χ3n) is 5.79. The summed E-state index contributed by atoms with van der Waals surface area (Å²) in [5, 5.41) is 3.28. The molecular weight excluding hydrogens is 404 g/mol. The number of ether oxygens (including phenoxy) is 1. The van der Waals surface area contributed by atoms with E-state index in [4.69, 9.17) is 4.74 Å². The first-order valence-corrected chi connectivity index (χ1v) is 10.9. The first-order chi connectivity index (χ1) is 14.9. The molecule has 1 aromatic carbocycles. The smallest absolute Gasteiger partial charge is 0.332 e. The number of carbonyl (C=O) groups is 2. The van der Waals surface area contributed by atoms with E-state index in [0.717, 1.165) is 11.1 Å². The van der Waals surface area contributed by atoms with Crippen molar-refractivity contribution >= 4 is 23.4 Å². The summed E-state index contributed by atoms with van der Waals surface area (Å²) in [4.78, 5) is 33.8. The molecule has 3 amide bonds. The van der Waals surface area contributed by atoms with Crippen molar-refractivity contribution in [2.24, 2.45) is 0 Å². The highest BCUT2D eigenvalue weighted by Gasteiger charge is 2.51. The van der Waals surface area contributed by atoms with Crippen molar-refractivity contribution in [2.75, 3.05) is 23.9 Å². The maximum atomic E-state index is 13.3. The molecule has 0 unspecified atom stereocenters. The Balaban J connectivity index is 1.83. The number of hydrogen-bond acceptors (Lipinski definition) is 5. The Morgan fingerprint density at radius 2 is 1.78 bits per heavy atom. The maximum Gasteiger partial charge on any atom is 0.332 e. The highest BCUT2D eigenvalue weighted by atomic mass is 16.5. The van der Waals surface area contributed by atoms with Crippen LogP contribution in [-0.2, 0) is 21.5 Å². The van der Waals surface area contributed by atoms with Crippen LogP contribution in [0.2, 0.25) is 0 Å². The summed E-state index contributed by atoms with van der Waals surface area (Å²) < 4.78 is 5.16. The minimum absolute atomic E-state index is 0.00327. The molecule has 2 heterocycles. The number of rotatable bonds is 7. The van der Waals surface area contributed by atoms with Gasteiger partial charge in [0.15, 0.2) is 0 Å². The fourth-order valence-electron chi connectivity index (χ4n) is 3.82. The van der Waals surface area contributed by atoms with Crippen LogP contribution in [0.4, 0.5) is 16.3 Å². The topological polar surface area (TPSA) is 74.8 Å². The number of carbonyl (C=O) groups excluding carboxylic acids is 2. The molecule has 32 heavy (non-hydrogen) atoms. The Morgan fingerprint density at radius 1 is 1.12 bits per heavy atom. The van der Waals surface area contributed by atoms with Crippen LogP contribution in [0.3, 0.4) is 0 Å². The van der Waals surface area contributed by atoms with Crippen molar-refractivity contribution in [1.82, 2.24) is 9.88 Å². The van der Waals surface area contributed by atoms with Crippen molar-refractivity contribution in [3.63, 3.8) is 0 Å². The van der Waals surface area contributed by atoms with Crippen molar-refractivity contribution in [2.45, 2.75) is 65.1 Å². The predicted molar refractivity (Wildman–Crippen MR) is 127 cm³/mol. The summed E-state index contributed by atoms with van der Waals surface area (Å²) in [6, 6.07) is 11.2. The summed E-state index contributed by atoms with van der Waals surface area (Å²) >= 11 is 0. The van der Waals surface area contributed by atoms with Gasteiger partial charge in [0.1, 0.15) is 11.4 Å². The van der Waals surface area contributed by atoms with Gasteiger partial charge in [-0.15, -0.1) is 0 Å². The third-order valence-corrected chi connectivity index (χ3v) is 5.79. The largest absolute Gasteiger partial charge is 0.383 e. The molecule has 0 spiro atoms. The minimum Gasteiger partial charge on any atom is -0.383 e. The number of urea groups is 1. The van der Waals surface area contributed by atoms with Crippen molar-refractivity contribution in [1.29, 1.82) is 0 Å². The predicted octanol–water partition coefficient (Wildman–Crippen LogP) is 4.57. The van der Waals surface area contributed by atoms with Gasteiger partial charge in [-0.2, -0.15) is 0 Å². The van der Waals surface area contributed by atoms with Crippen LogP contribution >= 0.6 is 0 Å². The van der Waals surface area contributed by atoms with Gasteiger partial charge in [-0.25, -0.2) is 14.7 Å². The molecule has 1 aliphatic rings. The Kier molecular flexibility index (Phi) is 6.60. The van der Waals surface area contributed by atoms with Gasteiger partial charge in [0.2, 0.25) is 0 Å². The lowest BCUT2D eigenvalue weighted by molar-refractivity contribution is -0.123. The van der Waals surface area contributed by atoms with Crippen LogP contribution < -0.4 is 10.2 Å². The van der Waals surface area contributed by atoms with E-state index in [1.165, 1.54) is 4.90 Å². The molecule has 172 valence electrons. The normalized spacial score (nSPS) is 17.1. The molecule has 1 aromatic heterocycles. The van der Waals surface area contributed by atoms with Crippen molar-refractivity contribution in [3.05, 3.63) is 53.7 Å². The van der Waals surface area contributed by atoms with E-state index < -0.39 is 5.54 Å². The van der Waals surface area contributed by atoms with Gasteiger partial charge in [0.05, 0.1) is 12.3 Å². The third kappa shape index (κ3) is 4.78. The van der Waals surface area contributed by atoms with E-state index in [1.54, 1.807) is 32.1 Å². The average molecular weight is 439 g/mol. The van der Waals surface area contributed by atoms with Crippen LogP contribution in [0.15, 0.2) is 42.6 Å². The zero-order valence-corrected chi connectivity index (χ0v) is 20.1. The fourth-order valence-corrected chi connectivity index (χ4v) is 3.82. The summed E-state index contributed by atoms with van der Waals surface area (Å²) in [5.41, 5.74) is 1.67. The average Bonchev–Trinajstić information content (AvgIpc) is 2.87. The van der Waals surface area contributed by atoms with Crippen molar-refractivity contribution < 1.29 is 14.3 Å². The van der Waals surface area contributed by atoms with Gasteiger partial charge in [0, 0.05) is 25.9 Å². The molecule has 1 aliphatic heterocycles. The molecule has 1 N–H and O–H groups in total. The van der Waals surface area contributed by atoms with Gasteiger partial charge in [-0.05, 0) is 61.6 Å². The number of methoxy groups -OCH3 is 1. The lowest BCUT2D eigenvalue weighted by atomic mass is 9.87. The van der Waals surface area contributed by atoms with E-state index >= 15 is 0 Å². The standard InChI is InChI=1S/C25H34N4O3/c1-17(16-32-7)27-21-14-18(12-13-26-21)15-28-23(31)29(22(30)25(28,5)6)20-10-8-19(9-11-20)24(2,3)4/h8-14,17H,15-16H2,1-7H3,(H,26,27)/t17-/m0/s1. The van der Waals surface area contributed by atoms with Gasteiger partial charge in [-0.1, -0.05) is 32.9 Å². The molecular formula is C25H34N4O3. The maximum absolute atomic E-state index is 13.3. The number of hydrogen-bond donors (Lipinski definition) is 1. The number of nitrogens with one attached hydrogen (secondary N) is 1. The number of aromatic nitrogens is 1. The summed E-state index contributed by atoms with van der Waals surface area (Å²) in [6.45, 7) is 12.8. The number of pyridine rings is 1.